The van der Waals surface area contributed by atoms with Crippen LogP contribution in [0.15, 0.2) is 29.3 Å². The monoisotopic (exact) mass is 468 g/mol. The molecule has 9 heteroatoms. The number of carbonyl (C=O) groups excluding carboxylic acids is 1. The van der Waals surface area contributed by atoms with Crippen LogP contribution in [0.4, 0.5) is 0 Å². The number of fused-ring (bicyclic) bond motifs is 1. The van der Waals surface area contributed by atoms with Gasteiger partial charge >= 0.3 is 0 Å². The molecule has 0 fully saturated rings. The summed E-state index contributed by atoms with van der Waals surface area (Å²) in [5.74, 6) is 0.940. The summed E-state index contributed by atoms with van der Waals surface area (Å²) in [6, 6.07) is 6.72. The van der Waals surface area contributed by atoms with Gasteiger partial charge < -0.3 is 18.8 Å². The summed E-state index contributed by atoms with van der Waals surface area (Å²) in [5, 5.41) is 1.03. The summed E-state index contributed by atoms with van der Waals surface area (Å²) >= 11 is 13.8. The number of nitrogens with zero attached hydrogens (tertiary/aromatic N) is 2. The van der Waals surface area contributed by atoms with Crippen molar-refractivity contribution in [1.82, 2.24) is 4.57 Å². The molecule has 3 rings (SSSR count). The first kappa shape index (κ1) is 22.5. The number of thiazole rings is 1. The molecule has 1 heterocycles. The molecule has 1 aromatic heterocycles. The second kappa shape index (κ2) is 9.73. The van der Waals surface area contributed by atoms with Crippen LogP contribution in [0.5, 0.6) is 17.2 Å². The Kier molecular flexibility index (Phi) is 7.28. The highest BCUT2D eigenvalue weighted by Crippen LogP contribution is 2.39. The van der Waals surface area contributed by atoms with E-state index in [1.807, 2.05) is 20.8 Å². The molecule has 0 spiro atoms. The van der Waals surface area contributed by atoms with Crippen molar-refractivity contribution in [3.8, 4) is 17.2 Å². The number of hydrogen-bond acceptors (Lipinski definition) is 5. The van der Waals surface area contributed by atoms with Crippen LogP contribution >= 0.6 is 34.5 Å². The van der Waals surface area contributed by atoms with Crippen LogP contribution in [-0.2, 0) is 7.05 Å². The van der Waals surface area contributed by atoms with Crippen molar-refractivity contribution in [3.63, 3.8) is 0 Å². The zero-order valence-electron chi connectivity index (χ0n) is 17.1. The zero-order valence-corrected chi connectivity index (χ0v) is 19.5. The van der Waals surface area contributed by atoms with Gasteiger partial charge in [-0.25, -0.2) is 0 Å². The van der Waals surface area contributed by atoms with Crippen molar-refractivity contribution in [2.24, 2.45) is 12.0 Å². The maximum atomic E-state index is 13.0. The van der Waals surface area contributed by atoms with Gasteiger partial charge in [0.1, 0.15) is 0 Å². The highest BCUT2D eigenvalue weighted by atomic mass is 35.5. The maximum absolute atomic E-state index is 13.0. The highest BCUT2D eigenvalue weighted by Gasteiger charge is 2.19. The first-order chi connectivity index (χ1) is 14.4. The van der Waals surface area contributed by atoms with Crippen molar-refractivity contribution < 1.29 is 19.0 Å². The van der Waals surface area contributed by atoms with Crippen molar-refractivity contribution in [3.05, 3.63) is 44.7 Å². The smallest absolute Gasteiger partial charge is 0.279 e. The molecule has 0 saturated carbocycles. The molecule has 160 valence electrons. The van der Waals surface area contributed by atoms with E-state index in [-0.39, 0.29) is 0 Å². The predicted octanol–water partition coefficient (Wildman–Crippen LogP) is 5.48. The van der Waals surface area contributed by atoms with Gasteiger partial charge in [-0.3, -0.25) is 4.79 Å². The van der Waals surface area contributed by atoms with Crippen LogP contribution in [0.1, 0.15) is 31.1 Å². The number of aromatic nitrogens is 1. The van der Waals surface area contributed by atoms with Gasteiger partial charge in [0.05, 0.1) is 35.1 Å². The molecule has 0 N–H and O–H groups in total. The standard InChI is InChI=1S/C21H22Cl2N2O4S/c1-5-27-15-8-12(9-16(28-6-2)19(15)29-7-3)20(26)24-21-25(4)18-14(23)10-13(22)11-17(18)30-21/h8-11H,5-7H2,1-4H3. The molecule has 0 radical (unpaired) electrons. The lowest BCUT2D eigenvalue weighted by atomic mass is 10.1. The van der Waals surface area contributed by atoms with E-state index >= 15 is 0 Å². The minimum absolute atomic E-state index is 0.340. The van der Waals surface area contributed by atoms with Crippen molar-refractivity contribution in [1.29, 1.82) is 0 Å². The lowest BCUT2D eigenvalue weighted by Gasteiger charge is -2.16. The third-order valence-corrected chi connectivity index (χ3v) is 5.76. The number of ether oxygens (including phenoxy) is 3. The topological polar surface area (TPSA) is 62.0 Å². The van der Waals surface area contributed by atoms with Crippen LogP contribution in [0.25, 0.3) is 10.2 Å². The molecule has 0 aliphatic carbocycles. The summed E-state index contributed by atoms with van der Waals surface area (Å²) in [6.45, 7) is 6.88. The van der Waals surface area contributed by atoms with Gasteiger partial charge in [0, 0.05) is 17.6 Å². The van der Waals surface area contributed by atoms with Gasteiger partial charge in [-0.05, 0) is 45.0 Å². The summed E-state index contributed by atoms with van der Waals surface area (Å²) in [7, 11) is 1.81. The van der Waals surface area contributed by atoms with Crippen LogP contribution in [0.2, 0.25) is 10.0 Å². The third kappa shape index (κ3) is 4.58. The molecule has 1 amide bonds. The quantitative estimate of drug-likeness (QED) is 0.460. The average Bonchev–Trinajstić information content (AvgIpc) is 2.99. The largest absolute Gasteiger partial charge is 0.490 e. The SMILES string of the molecule is CCOc1cc(C(=O)N=c2sc3cc(Cl)cc(Cl)c3n2C)cc(OCC)c1OCC. The third-order valence-electron chi connectivity index (χ3n) is 4.17. The van der Waals surface area contributed by atoms with E-state index in [0.29, 0.717) is 57.5 Å². The van der Waals surface area contributed by atoms with E-state index in [1.54, 1.807) is 35.9 Å². The second-order valence-corrected chi connectivity index (χ2v) is 8.05. The lowest BCUT2D eigenvalue weighted by Crippen LogP contribution is -2.14. The number of hydrogen-bond donors (Lipinski definition) is 0. The molecule has 6 nitrogen and oxygen atoms in total. The molecule has 0 aliphatic rings. The molecule has 0 aliphatic heterocycles. The fourth-order valence-electron chi connectivity index (χ4n) is 2.97. The van der Waals surface area contributed by atoms with Gasteiger partial charge in [-0.1, -0.05) is 34.5 Å². The van der Waals surface area contributed by atoms with Crippen LogP contribution in [-0.4, -0.2) is 30.3 Å². The molecule has 0 unspecified atom stereocenters. The van der Waals surface area contributed by atoms with Gasteiger partial charge in [0.2, 0.25) is 5.75 Å². The number of carbonyl (C=O) groups is 1. The van der Waals surface area contributed by atoms with Gasteiger partial charge in [-0.15, -0.1) is 0 Å². The Balaban J connectivity index is 2.12. The molecular formula is C21H22Cl2N2O4S. The van der Waals surface area contributed by atoms with Crippen LogP contribution in [0.3, 0.4) is 0 Å². The minimum atomic E-state index is -0.427. The van der Waals surface area contributed by atoms with Crippen LogP contribution in [0, 0.1) is 0 Å². The van der Waals surface area contributed by atoms with E-state index < -0.39 is 5.91 Å². The average molecular weight is 469 g/mol. The van der Waals surface area contributed by atoms with E-state index in [9.17, 15) is 4.79 Å². The molecule has 0 atom stereocenters. The van der Waals surface area contributed by atoms with Crippen molar-refractivity contribution in [2.45, 2.75) is 20.8 Å². The Labute approximate surface area is 188 Å². The summed E-state index contributed by atoms with van der Waals surface area (Å²) < 4.78 is 19.7. The molecule has 0 saturated heterocycles. The Hall–Kier alpha value is -2.22. The summed E-state index contributed by atoms with van der Waals surface area (Å²) in [6.07, 6.45) is 0. The highest BCUT2D eigenvalue weighted by molar-refractivity contribution is 7.16. The van der Waals surface area contributed by atoms with Gasteiger partial charge in [0.15, 0.2) is 16.3 Å². The Morgan fingerprint density at radius 1 is 1.00 bits per heavy atom. The number of benzene rings is 2. The molecule has 0 bridgehead atoms. The maximum Gasteiger partial charge on any atom is 0.279 e. The Morgan fingerprint density at radius 2 is 1.60 bits per heavy atom. The molecule has 2 aromatic carbocycles. The van der Waals surface area contributed by atoms with E-state index in [0.717, 1.165) is 10.2 Å². The summed E-state index contributed by atoms with van der Waals surface area (Å²) in [4.78, 5) is 17.8. The fraction of sp³-hybridized carbons (Fsp3) is 0.333. The second-order valence-electron chi connectivity index (χ2n) is 6.20. The first-order valence-corrected chi connectivity index (χ1v) is 11.1. The number of aryl methyl sites for hydroxylation is 1. The molecular weight excluding hydrogens is 447 g/mol. The van der Waals surface area contributed by atoms with Crippen LogP contribution < -0.4 is 19.0 Å². The fourth-order valence-corrected chi connectivity index (χ4v) is 4.79. The molecule has 3 aromatic rings. The lowest BCUT2D eigenvalue weighted by molar-refractivity contribution is 0.0997. The predicted molar refractivity (Wildman–Crippen MR) is 121 cm³/mol. The number of halogens is 2. The first-order valence-electron chi connectivity index (χ1n) is 9.49. The normalized spacial score (nSPS) is 11.7. The van der Waals surface area contributed by atoms with Crippen molar-refractivity contribution >= 4 is 50.7 Å². The molecule has 30 heavy (non-hydrogen) atoms. The number of amides is 1. The van der Waals surface area contributed by atoms with E-state index in [2.05, 4.69) is 4.99 Å². The summed E-state index contributed by atoms with van der Waals surface area (Å²) in [5.41, 5.74) is 1.11. The van der Waals surface area contributed by atoms with E-state index in [1.165, 1.54) is 11.3 Å². The van der Waals surface area contributed by atoms with Gasteiger partial charge in [-0.2, -0.15) is 4.99 Å². The van der Waals surface area contributed by atoms with E-state index in [4.69, 9.17) is 37.4 Å². The Bertz CT molecular complexity index is 1130. The Morgan fingerprint density at radius 3 is 2.17 bits per heavy atom. The van der Waals surface area contributed by atoms with Crippen molar-refractivity contribution in [2.75, 3.05) is 19.8 Å². The zero-order chi connectivity index (χ0) is 21.8. The number of rotatable bonds is 7. The minimum Gasteiger partial charge on any atom is -0.490 e. The van der Waals surface area contributed by atoms with Gasteiger partial charge in [0.25, 0.3) is 5.91 Å².